The second-order valence-electron chi connectivity index (χ2n) is 3.68. The van der Waals surface area contributed by atoms with E-state index in [0.717, 1.165) is 5.56 Å². The van der Waals surface area contributed by atoms with Gasteiger partial charge in [0.2, 0.25) is 0 Å². The molecule has 0 spiro atoms. The number of nitrogens with one attached hydrogen (secondary N) is 1. The Bertz CT molecular complexity index is 462. The first-order chi connectivity index (χ1) is 8.49. The maximum Gasteiger partial charge on any atom is 0.311 e. The maximum absolute atomic E-state index is 11.2. The molecule has 0 radical (unpaired) electrons. The van der Waals surface area contributed by atoms with E-state index in [1.54, 1.807) is 6.07 Å². The lowest BCUT2D eigenvalue weighted by atomic mass is 10.1. The fourth-order valence-electron chi connectivity index (χ4n) is 1.39. The Morgan fingerprint density at radius 3 is 2.78 bits per heavy atom. The van der Waals surface area contributed by atoms with Gasteiger partial charge in [-0.1, -0.05) is 13.0 Å². The topological polar surface area (TPSA) is 107 Å². The van der Waals surface area contributed by atoms with E-state index in [4.69, 9.17) is 10.6 Å². The molecule has 1 atom stereocenters. The molecule has 1 rings (SSSR count). The first kappa shape index (κ1) is 13.9. The molecular formula is C11H15N3O4. The number of nitrogens with zero attached hydrogens (tertiary/aromatic N) is 1. The number of nitro groups is 1. The van der Waals surface area contributed by atoms with Gasteiger partial charge in [0.15, 0.2) is 11.9 Å². The second-order valence-corrected chi connectivity index (χ2v) is 3.68. The van der Waals surface area contributed by atoms with Crippen LogP contribution in [-0.4, -0.2) is 16.9 Å². The molecule has 7 heteroatoms. The lowest BCUT2D eigenvalue weighted by Crippen LogP contribution is -2.40. The number of carbonyl (C=O) groups is 1. The van der Waals surface area contributed by atoms with Crippen molar-refractivity contribution in [1.29, 1.82) is 0 Å². The van der Waals surface area contributed by atoms with Crippen LogP contribution in [0.1, 0.15) is 19.4 Å². The molecule has 7 nitrogen and oxygen atoms in total. The van der Waals surface area contributed by atoms with Crippen molar-refractivity contribution in [2.75, 3.05) is 0 Å². The zero-order chi connectivity index (χ0) is 13.7. The van der Waals surface area contributed by atoms with Gasteiger partial charge >= 0.3 is 5.69 Å². The average molecular weight is 253 g/mol. The van der Waals surface area contributed by atoms with Gasteiger partial charge in [0.25, 0.3) is 5.91 Å². The third-order valence-electron chi connectivity index (χ3n) is 2.44. The minimum absolute atomic E-state index is 0.0494. The number of nitrogens with two attached hydrogens (primary N) is 1. The third kappa shape index (κ3) is 3.17. The predicted molar refractivity (Wildman–Crippen MR) is 64.9 cm³/mol. The Hall–Kier alpha value is -2.15. The summed E-state index contributed by atoms with van der Waals surface area (Å²) in [7, 11) is 0. The van der Waals surface area contributed by atoms with E-state index in [1.807, 2.05) is 12.3 Å². The van der Waals surface area contributed by atoms with Crippen molar-refractivity contribution in [3.8, 4) is 5.75 Å². The summed E-state index contributed by atoms with van der Waals surface area (Å²) in [6.45, 7) is 3.35. The molecule has 3 N–H and O–H groups in total. The summed E-state index contributed by atoms with van der Waals surface area (Å²) in [5.41, 5.74) is 2.59. The first-order valence-corrected chi connectivity index (χ1v) is 5.44. The second kappa shape index (κ2) is 5.97. The zero-order valence-electron chi connectivity index (χ0n) is 10.2. The smallest absolute Gasteiger partial charge is 0.311 e. The number of hydrogen-bond donors (Lipinski definition) is 2. The van der Waals surface area contributed by atoms with Crippen molar-refractivity contribution >= 4 is 11.6 Å². The lowest BCUT2D eigenvalue weighted by Gasteiger charge is -2.13. The van der Waals surface area contributed by atoms with Crippen molar-refractivity contribution < 1.29 is 14.5 Å². The zero-order valence-corrected chi connectivity index (χ0v) is 10.2. The molecular weight excluding hydrogens is 238 g/mol. The molecule has 0 bridgehead atoms. The van der Waals surface area contributed by atoms with Crippen LogP contribution in [0.3, 0.4) is 0 Å². The number of nitro benzene ring substituents is 1. The summed E-state index contributed by atoms with van der Waals surface area (Å²) < 4.78 is 5.23. The minimum atomic E-state index is -0.902. The third-order valence-corrected chi connectivity index (χ3v) is 2.44. The van der Waals surface area contributed by atoms with E-state index in [2.05, 4.69) is 0 Å². The standard InChI is InChI=1S/C11H15N3O4/c1-3-8-4-5-10(9(6-8)14(16)17)18-7(2)11(15)13-12/h4-7H,3,12H2,1-2H3,(H,13,15). The predicted octanol–water partition coefficient (Wildman–Crippen LogP) is 0.914. The number of benzene rings is 1. The van der Waals surface area contributed by atoms with Gasteiger partial charge in [-0.25, -0.2) is 5.84 Å². The number of carbonyl (C=O) groups excluding carboxylic acids is 1. The number of aryl methyl sites for hydroxylation is 1. The van der Waals surface area contributed by atoms with Gasteiger partial charge in [0.05, 0.1) is 4.92 Å². The SMILES string of the molecule is CCc1ccc(OC(C)C(=O)NN)c([N+](=O)[O-])c1. The first-order valence-electron chi connectivity index (χ1n) is 5.44. The van der Waals surface area contributed by atoms with Crippen LogP contribution in [0, 0.1) is 10.1 Å². The van der Waals surface area contributed by atoms with Gasteiger partial charge < -0.3 is 4.74 Å². The Kier molecular flexibility index (Phi) is 4.61. The van der Waals surface area contributed by atoms with Gasteiger partial charge in [-0.05, 0) is 25.0 Å². The molecule has 1 aromatic rings. The van der Waals surface area contributed by atoms with Crippen LogP contribution in [0.25, 0.3) is 0 Å². The van der Waals surface area contributed by atoms with E-state index in [0.29, 0.717) is 6.42 Å². The van der Waals surface area contributed by atoms with Crippen LogP contribution in [0.5, 0.6) is 5.75 Å². The molecule has 0 aliphatic heterocycles. The number of amides is 1. The summed E-state index contributed by atoms with van der Waals surface area (Å²) in [6.07, 6.45) is -0.221. The molecule has 0 fully saturated rings. The molecule has 1 amide bonds. The van der Waals surface area contributed by atoms with Crippen LogP contribution in [0.15, 0.2) is 18.2 Å². The lowest BCUT2D eigenvalue weighted by molar-refractivity contribution is -0.386. The van der Waals surface area contributed by atoms with Gasteiger partial charge in [-0.3, -0.25) is 20.3 Å². The highest BCUT2D eigenvalue weighted by atomic mass is 16.6. The Balaban J connectivity index is 3.01. The molecule has 0 aliphatic rings. The highest BCUT2D eigenvalue weighted by Gasteiger charge is 2.20. The Morgan fingerprint density at radius 2 is 2.28 bits per heavy atom. The summed E-state index contributed by atoms with van der Waals surface area (Å²) in [5, 5.41) is 10.9. The molecule has 0 saturated carbocycles. The van der Waals surface area contributed by atoms with Crippen LogP contribution in [0.4, 0.5) is 5.69 Å². The normalized spacial score (nSPS) is 11.7. The summed E-state index contributed by atoms with van der Waals surface area (Å²) >= 11 is 0. The van der Waals surface area contributed by atoms with E-state index in [-0.39, 0.29) is 11.4 Å². The van der Waals surface area contributed by atoms with Gasteiger partial charge in [0, 0.05) is 6.07 Å². The van der Waals surface area contributed by atoms with Crippen LogP contribution < -0.4 is 16.0 Å². The molecule has 0 saturated heterocycles. The number of hydrazine groups is 1. The molecule has 1 aromatic carbocycles. The van der Waals surface area contributed by atoms with Gasteiger partial charge in [-0.2, -0.15) is 0 Å². The monoisotopic (exact) mass is 253 g/mol. The highest BCUT2D eigenvalue weighted by Crippen LogP contribution is 2.29. The molecule has 18 heavy (non-hydrogen) atoms. The molecule has 1 unspecified atom stereocenters. The van der Waals surface area contributed by atoms with Crippen molar-refractivity contribution in [3.63, 3.8) is 0 Å². The van der Waals surface area contributed by atoms with Gasteiger partial charge in [-0.15, -0.1) is 0 Å². The fraction of sp³-hybridized carbons (Fsp3) is 0.364. The van der Waals surface area contributed by atoms with E-state index in [9.17, 15) is 14.9 Å². The van der Waals surface area contributed by atoms with Crippen LogP contribution >= 0.6 is 0 Å². The molecule has 98 valence electrons. The van der Waals surface area contributed by atoms with E-state index in [1.165, 1.54) is 19.1 Å². The van der Waals surface area contributed by atoms with Crippen LogP contribution in [0.2, 0.25) is 0 Å². The summed E-state index contributed by atoms with van der Waals surface area (Å²) in [4.78, 5) is 21.6. The van der Waals surface area contributed by atoms with Crippen molar-refractivity contribution in [2.45, 2.75) is 26.4 Å². The Morgan fingerprint density at radius 1 is 1.61 bits per heavy atom. The highest BCUT2D eigenvalue weighted by molar-refractivity contribution is 5.80. The summed E-state index contributed by atoms with van der Waals surface area (Å²) in [5.74, 6) is 4.45. The summed E-state index contributed by atoms with van der Waals surface area (Å²) in [6, 6.07) is 4.63. The van der Waals surface area contributed by atoms with E-state index < -0.39 is 16.9 Å². The van der Waals surface area contributed by atoms with Crippen molar-refractivity contribution in [2.24, 2.45) is 5.84 Å². The molecule has 0 heterocycles. The van der Waals surface area contributed by atoms with Crippen molar-refractivity contribution in [3.05, 3.63) is 33.9 Å². The molecule has 0 aromatic heterocycles. The van der Waals surface area contributed by atoms with Crippen LogP contribution in [-0.2, 0) is 11.2 Å². The number of hydrogen-bond acceptors (Lipinski definition) is 5. The number of rotatable bonds is 5. The molecule has 0 aliphatic carbocycles. The number of ether oxygens (including phenoxy) is 1. The van der Waals surface area contributed by atoms with Crippen molar-refractivity contribution in [1.82, 2.24) is 5.43 Å². The minimum Gasteiger partial charge on any atom is -0.474 e. The van der Waals surface area contributed by atoms with E-state index >= 15 is 0 Å². The average Bonchev–Trinajstić information content (AvgIpc) is 2.37. The largest absolute Gasteiger partial charge is 0.474 e. The van der Waals surface area contributed by atoms with Gasteiger partial charge in [0.1, 0.15) is 0 Å². The maximum atomic E-state index is 11.2. The Labute approximate surface area is 104 Å². The quantitative estimate of drug-likeness (QED) is 0.351. The fourth-order valence-corrected chi connectivity index (χ4v) is 1.39.